The minimum Gasteiger partial charge on any atom is -0.467 e. The zero-order valence-electron chi connectivity index (χ0n) is 13.3. The lowest BCUT2D eigenvalue weighted by molar-refractivity contribution is 0.148. The predicted molar refractivity (Wildman–Crippen MR) is 81.8 cm³/mol. The molecular weight excluding hydrogens is 300 g/mol. The van der Waals surface area contributed by atoms with Crippen molar-refractivity contribution >= 4 is 6.03 Å². The minimum atomic E-state index is -0.858. The molecular formula is C15H22N4O4. The maximum Gasteiger partial charge on any atom is 0.314 e. The van der Waals surface area contributed by atoms with E-state index in [0.29, 0.717) is 36.9 Å². The molecule has 0 bridgehead atoms. The zero-order chi connectivity index (χ0) is 16.7. The summed E-state index contributed by atoms with van der Waals surface area (Å²) in [5.74, 6) is 1.92. The molecule has 8 nitrogen and oxygen atoms in total. The van der Waals surface area contributed by atoms with Crippen molar-refractivity contribution in [2.75, 3.05) is 13.1 Å². The number of amides is 2. The lowest BCUT2D eigenvalue weighted by Gasteiger charge is -2.10. The molecule has 0 aliphatic heterocycles. The van der Waals surface area contributed by atoms with Gasteiger partial charge >= 0.3 is 6.03 Å². The first-order valence-electron chi connectivity index (χ1n) is 7.62. The van der Waals surface area contributed by atoms with Crippen LogP contribution in [0.5, 0.6) is 0 Å². The average Bonchev–Trinajstić information content (AvgIpc) is 3.20. The van der Waals surface area contributed by atoms with Gasteiger partial charge in [0.25, 0.3) is 0 Å². The quantitative estimate of drug-likeness (QED) is 0.638. The van der Waals surface area contributed by atoms with Crippen molar-refractivity contribution in [3.63, 3.8) is 0 Å². The van der Waals surface area contributed by atoms with Crippen molar-refractivity contribution < 1.29 is 18.8 Å². The number of aryl methyl sites for hydroxylation is 1. The molecule has 2 aromatic rings. The van der Waals surface area contributed by atoms with Crippen LogP contribution in [0.3, 0.4) is 0 Å². The van der Waals surface area contributed by atoms with Crippen LogP contribution in [0.15, 0.2) is 27.3 Å². The molecule has 1 unspecified atom stereocenters. The molecule has 0 radical (unpaired) electrons. The fourth-order valence-corrected chi connectivity index (χ4v) is 1.88. The van der Waals surface area contributed by atoms with Gasteiger partial charge in [0.15, 0.2) is 5.82 Å². The molecule has 126 valence electrons. The Bertz CT molecular complexity index is 594. The monoisotopic (exact) mass is 322 g/mol. The largest absolute Gasteiger partial charge is 0.467 e. The highest BCUT2D eigenvalue weighted by Gasteiger charge is 2.12. The fraction of sp³-hybridized carbons (Fsp3) is 0.533. The van der Waals surface area contributed by atoms with Crippen LogP contribution in [0.25, 0.3) is 0 Å². The summed E-state index contributed by atoms with van der Waals surface area (Å²) in [7, 11) is 0. The van der Waals surface area contributed by atoms with Gasteiger partial charge in [0, 0.05) is 18.9 Å². The van der Waals surface area contributed by atoms with Crippen LogP contribution in [0, 0.1) is 0 Å². The molecule has 0 aromatic carbocycles. The van der Waals surface area contributed by atoms with Gasteiger partial charge in [0.2, 0.25) is 5.89 Å². The molecule has 0 saturated carbocycles. The summed E-state index contributed by atoms with van der Waals surface area (Å²) in [5, 5.41) is 18.9. The minimum absolute atomic E-state index is 0.0841. The van der Waals surface area contributed by atoms with Crippen molar-refractivity contribution in [2.45, 2.75) is 38.7 Å². The van der Waals surface area contributed by atoms with Crippen molar-refractivity contribution in [1.82, 2.24) is 20.8 Å². The van der Waals surface area contributed by atoms with Crippen molar-refractivity contribution in [3.05, 3.63) is 35.9 Å². The van der Waals surface area contributed by atoms with Gasteiger partial charge in [-0.3, -0.25) is 0 Å². The van der Waals surface area contributed by atoms with E-state index in [1.54, 1.807) is 12.1 Å². The first kappa shape index (κ1) is 17.0. The van der Waals surface area contributed by atoms with Gasteiger partial charge in [-0.1, -0.05) is 19.0 Å². The number of aliphatic hydroxyl groups is 1. The molecule has 8 heteroatoms. The van der Waals surface area contributed by atoms with E-state index in [4.69, 9.17) is 8.94 Å². The Hall–Kier alpha value is -2.35. The molecule has 0 aliphatic rings. The van der Waals surface area contributed by atoms with Crippen molar-refractivity contribution in [2.24, 2.45) is 0 Å². The molecule has 3 N–H and O–H groups in total. The second kappa shape index (κ2) is 8.33. The number of urea groups is 1. The van der Waals surface area contributed by atoms with Gasteiger partial charge in [0.1, 0.15) is 11.9 Å². The van der Waals surface area contributed by atoms with Crippen LogP contribution in [-0.4, -0.2) is 34.4 Å². The SMILES string of the molecule is CC(C)c1noc(CCCNC(=O)NCC(O)c2ccco2)n1. The molecule has 1 atom stereocenters. The molecule has 2 aromatic heterocycles. The summed E-state index contributed by atoms with van der Waals surface area (Å²) in [5.41, 5.74) is 0. The maximum absolute atomic E-state index is 11.6. The summed E-state index contributed by atoms with van der Waals surface area (Å²) >= 11 is 0. The van der Waals surface area contributed by atoms with Crippen LogP contribution < -0.4 is 10.6 Å². The number of rotatable bonds is 8. The Labute approximate surface area is 134 Å². The molecule has 0 fully saturated rings. The Morgan fingerprint density at radius 2 is 2.22 bits per heavy atom. The topological polar surface area (TPSA) is 113 Å². The smallest absolute Gasteiger partial charge is 0.314 e. The lowest BCUT2D eigenvalue weighted by atomic mass is 10.2. The van der Waals surface area contributed by atoms with E-state index in [0.717, 1.165) is 0 Å². The molecule has 2 heterocycles. The Balaban J connectivity index is 1.59. The van der Waals surface area contributed by atoms with Gasteiger partial charge < -0.3 is 24.7 Å². The van der Waals surface area contributed by atoms with E-state index in [1.165, 1.54) is 6.26 Å². The van der Waals surface area contributed by atoms with E-state index in [9.17, 15) is 9.90 Å². The Morgan fingerprint density at radius 3 is 2.87 bits per heavy atom. The van der Waals surface area contributed by atoms with E-state index >= 15 is 0 Å². The van der Waals surface area contributed by atoms with Gasteiger partial charge in [-0.25, -0.2) is 4.79 Å². The molecule has 2 rings (SSSR count). The van der Waals surface area contributed by atoms with E-state index in [1.807, 2.05) is 13.8 Å². The number of nitrogens with one attached hydrogen (secondary N) is 2. The number of aromatic nitrogens is 2. The van der Waals surface area contributed by atoms with Crippen LogP contribution in [0.1, 0.15) is 49.8 Å². The number of carbonyl (C=O) groups excluding carboxylic acids is 1. The van der Waals surface area contributed by atoms with E-state index < -0.39 is 6.10 Å². The number of aliphatic hydroxyl groups excluding tert-OH is 1. The Morgan fingerprint density at radius 1 is 1.39 bits per heavy atom. The lowest BCUT2D eigenvalue weighted by Crippen LogP contribution is -2.38. The fourth-order valence-electron chi connectivity index (χ4n) is 1.88. The first-order chi connectivity index (χ1) is 11.1. The van der Waals surface area contributed by atoms with Gasteiger partial charge in [-0.15, -0.1) is 0 Å². The second-order valence-electron chi connectivity index (χ2n) is 5.47. The normalized spacial score (nSPS) is 12.3. The van der Waals surface area contributed by atoms with E-state index in [-0.39, 0.29) is 18.5 Å². The number of furan rings is 1. The summed E-state index contributed by atoms with van der Waals surface area (Å²) in [6.45, 7) is 4.55. The first-order valence-corrected chi connectivity index (χ1v) is 7.62. The molecule has 23 heavy (non-hydrogen) atoms. The number of carbonyl (C=O) groups is 1. The summed E-state index contributed by atoms with van der Waals surface area (Å²) in [4.78, 5) is 15.9. The number of hydrogen-bond donors (Lipinski definition) is 3. The predicted octanol–water partition coefficient (Wildman–Crippen LogP) is 1.75. The summed E-state index contributed by atoms with van der Waals surface area (Å²) in [6.07, 6.45) is 1.91. The Kier molecular flexibility index (Phi) is 6.16. The second-order valence-corrected chi connectivity index (χ2v) is 5.47. The van der Waals surface area contributed by atoms with Crippen LogP contribution >= 0.6 is 0 Å². The summed E-state index contributed by atoms with van der Waals surface area (Å²) < 4.78 is 10.2. The maximum atomic E-state index is 11.6. The van der Waals surface area contributed by atoms with Crippen molar-refractivity contribution in [3.8, 4) is 0 Å². The van der Waals surface area contributed by atoms with Crippen LogP contribution in [0.2, 0.25) is 0 Å². The van der Waals surface area contributed by atoms with Crippen LogP contribution in [0.4, 0.5) is 4.79 Å². The highest BCUT2D eigenvalue weighted by Crippen LogP contribution is 2.11. The van der Waals surface area contributed by atoms with Gasteiger partial charge in [-0.05, 0) is 18.6 Å². The highest BCUT2D eigenvalue weighted by molar-refractivity contribution is 5.73. The molecule has 2 amide bonds. The van der Waals surface area contributed by atoms with Gasteiger partial charge in [0.05, 0.1) is 12.8 Å². The van der Waals surface area contributed by atoms with Crippen LogP contribution in [-0.2, 0) is 6.42 Å². The standard InChI is InChI=1S/C15H22N4O4/c1-10(2)14-18-13(23-19-14)6-3-7-16-15(21)17-9-11(20)12-5-4-8-22-12/h4-5,8,10-11,20H,3,6-7,9H2,1-2H3,(H2,16,17,21). The average molecular weight is 322 g/mol. The van der Waals surface area contributed by atoms with E-state index in [2.05, 4.69) is 20.8 Å². The third kappa shape index (κ3) is 5.41. The molecule has 0 saturated heterocycles. The molecule has 0 spiro atoms. The third-order valence-corrected chi connectivity index (χ3v) is 3.18. The molecule has 0 aliphatic carbocycles. The van der Waals surface area contributed by atoms with Crippen molar-refractivity contribution in [1.29, 1.82) is 0 Å². The number of hydrogen-bond acceptors (Lipinski definition) is 6. The zero-order valence-corrected chi connectivity index (χ0v) is 13.3. The highest BCUT2D eigenvalue weighted by atomic mass is 16.5. The number of nitrogens with zero attached hydrogens (tertiary/aromatic N) is 2. The third-order valence-electron chi connectivity index (χ3n) is 3.18. The van der Waals surface area contributed by atoms with Gasteiger partial charge in [-0.2, -0.15) is 4.98 Å². The summed E-state index contributed by atoms with van der Waals surface area (Å²) in [6, 6.07) is 2.99.